The highest BCUT2D eigenvalue weighted by Gasteiger charge is 2.26. The maximum atomic E-state index is 13.0. The minimum Gasteiger partial charge on any atom is -0.461 e. The number of aryl methyl sites for hydroxylation is 1. The number of rotatable bonds is 6. The van der Waals surface area contributed by atoms with Gasteiger partial charge in [-0.2, -0.15) is 0 Å². The Bertz CT molecular complexity index is 1080. The number of piperazine rings is 1. The number of aromatic amines is 1. The number of nitrogens with one attached hydrogen (secondary N) is 1. The minimum absolute atomic E-state index is 0.0208. The van der Waals surface area contributed by atoms with Gasteiger partial charge in [0.1, 0.15) is 22.7 Å². The zero-order valence-corrected chi connectivity index (χ0v) is 18.2. The fourth-order valence-corrected chi connectivity index (χ4v) is 4.73. The van der Waals surface area contributed by atoms with Crippen LogP contribution in [0.5, 0.6) is 0 Å². The third kappa shape index (κ3) is 3.82. The van der Waals surface area contributed by atoms with Crippen LogP contribution in [0.4, 0.5) is 5.82 Å². The number of H-pyrrole nitrogens is 1. The fourth-order valence-electron chi connectivity index (χ4n) is 4.00. The molecule has 3 aromatic rings. The quantitative estimate of drug-likeness (QED) is 0.478. The fraction of sp³-hybridized carbons (Fsp3) is 0.429. The molecular formula is C21H25N5O3S. The van der Waals surface area contributed by atoms with Crippen molar-refractivity contribution in [2.75, 3.05) is 44.2 Å². The number of fused-ring (bicyclic) bond motifs is 1. The summed E-state index contributed by atoms with van der Waals surface area (Å²) in [6.45, 7) is 9.15. The van der Waals surface area contributed by atoms with Crippen LogP contribution in [0.2, 0.25) is 0 Å². The van der Waals surface area contributed by atoms with Gasteiger partial charge in [0, 0.05) is 37.4 Å². The zero-order valence-electron chi connectivity index (χ0n) is 17.4. The standard InChI is InChI=1S/C21H25N5O3S/c1-4-29-21(28)18-13(2)17(14(3)24-18)16(27)11-25-6-8-26(9-7-25)19-15-5-10-30-20(15)23-12-22-19/h5,10,12,24H,4,6-9,11H2,1-3H3. The first-order valence-electron chi connectivity index (χ1n) is 10.0. The van der Waals surface area contributed by atoms with E-state index in [4.69, 9.17) is 4.74 Å². The third-order valence-electron chi connectivity index (χ3n) is 5.48. The van der Waals surface area contributed by atoms with Crippen molar-refractivity contribution in [3.05, 3.63) is 40.3 Å². The van der Waals surface area contributed by atoms with Gasteiger partial charge in [-0.3, -0.25) is 9.69 Å². The summed E-state index contributed by atoms with van der Waals surface area (Å²) in [6.07, 6.45) is 1.61. The van der Waals surface area contributed by atoms with Gasteiger partial charge in [-0.25, -0.2) is 14.8 Å². The number of thiophene rings is 1. The molecule has 1 N–H and O–H groups in total. The molecule has 8 nitrogen and oxygen atoms in total. The van der Waals surface area contributed by atoms with Crippen molar-refractivity contribution in [2.45, 2.75) is 20.8 Å². The summed E-state index contributed by atoms with van der Waals surface area (Å²) in [5, 5.41) is 3.11. The van der Waals surface area contributed by atoms with Gasteiger partial charge in [0.2, 0.25) is 0 Å². The lowest BCUT2D eigenvalue weighted by Gasteiger charge is -2.35. The molecule has 0 amide bonds. The molecule has 4 heterocycles. The maximum Gasteiger partial charge on any atom is 0.355 e. The highest BCUT2D eigenvalue weighted by atomic mass is 32.1. The molecule has 9 heteroatoms. The van der Waals surface area contributed by atoms with E-state index in [0.717, 1.165) is 42.2 Å². The Hall–Kier alpha value is -2.78. The number of hydrogen-bond donors (Lipinski definition) is 1. The van der Waals surface area contributed by atoms with E-state index in [-0.39, 0.29) is 5.78 Å². The normalized spacial score (nSPS) is 15.0. The van der Waals surface area contributed by atoms with Crippen molar-refractivity contribution in [1.82, 2.24) is 19.9 Å². The number of nitrogens with zero attached hydrogens (tertiary/aromatic N) is 4. The lowest BCUT2D eigenvalue weighted by atomic mass is 10.0. The predicted octanol–water partition coefficient (Wildman–Crippen LogP) is 2.82. The largest absolute Gasteiger partial charge is 0.461 e. The van der Waals surface area contributed by atoms with Crippen LogP contribution >= 0.6 is 11.3 Å². The Kier molecular flexibility index (Phi) is 5.83. The van der Waals surface area contributed by atoms with Crippen molar-refractivity contribution < 1.29 is 14.3 Å². The first kappa shape index (κ1) is 20.5. The van der Waals surface area contributed by atoms with Gasteiger partial charge in [0.15, 0.2) is 5.78 Å². The first-order valence-corrected chi connectivity index (χ1v) is 10.9. The van der Waals surface area contributed by atoms with Crippen LogP contribution in [0.25, 0.3) is 10.2 Å². The molecule has 1 saturated heterocycles. The molecule has 0 aliphatic carbocycles. The summed E-state index contributed by atoms with van der Waals surface area (Å²) in [5.74, 6) is 0.562. The number of carbonyl (C=O) groups is 2. The molecule has 0 radical (unpaired) electrons. The first-order chi connectivity index (χ1) is 14.5. The van der Waals surface area contributed by atoms with Crippen LogP contribution in [-0.4, -0.2) is 70.9 Å². The predicted molar refractivity (Wildman–Crippen MR) is 117 cm³/mol. The number of anilines is 1. The van der Waals surface area contributed by atoms with Crippen LogP contribution in [0.1, 0.15) is 39.0 Å². The minimum atomic E-state index is -0.421. The van der Waals surface area contributed by atoms with Crippen LogP contribution in [0.3, 0.4) is 0 Å². The number of esters is 1. The van der Waals surface area contributed by atoms with Gasteiger partial charge < -0.3 is 14.6 Å². The van der Waals surface area contributed by atoms with E-state index in [0.29, 0.717) is 35.7 Å². The number of Topliss-reactive ketones (excluding diaryl/α,β-unsaturated/α-hetero) is 1. The molecule has 3 aromatic heterocycles. The zero-order chi connectivity index (χ0) is 21.3. The van der Waals surface area contributed by atoms with Crippen molar-refractivity contribution >= 4 is 39.1 Å². The number of hydrogen-bond acceptors (Lipinski definition) is 8. The highest BCUT2D eigenvalue weighted by molar-refractivity contribution is 7.16. The second-order valence-electron chi connectivity index (χ2n) is 7.37. The van der Waals surface area contributed by atoms with Crippen LogP contribution in [-0.2, 0) is 4.74 Å². The molecule has 0 bridgehead atoms. The van der Waals surface area contributed by atoms with E-state index in [2.05, 4.69) is 30.8 Å². The molecule has 0 saturated carbocycles. The van der Waals surface area contributed by atoms with Crippen LogP contribution < -0.4 is 4.90 Å². The molecule has 1 aliphatic heterocycles. The van der Waals surface area contributed by atoms with Gasteiger partial charge in [0.05, 0.1) is 18.5 Å². The molecule has 0 unspecified atom stereocenters. The van der Waals surface area contributed by atoms with Gasteiger partial charge in [-0.05, 0) is 37.8 Å². The maximum absolute atomic E-state index is 13.0. The Morgan fingerprint density at radius 3 is 2.70 bits per heavy atom. The van der Waals surface area contributed by atoms with E-state index in [1.807, 2.05) is 12.3 Å². The SMILES string of the molecule is CCOC(=O)c1[nH]c(C)c(C(=O)CN2CCN(c3ncnc4sccc34)CC2)c1C. The van der Waals surface area contributed by atoms with E-state index in [1.54, 1.807) is 31.5 Å². The molecule has 0 aromatic carbocycles. The number of aromatic nitrogens is 3. The topological polar surface area (TPSA) is 91.4 Å². The summed E-state index contributed by atoms with van der Waals surface area (Å²) in [7, 11) is 0. The number of ether oxygens (including phenoxy) is 1. The summed E-state index contributed by atoms with van der Waals surface area (Å²) >= 11 is 1.61. The smallest absolute Gasteiger partial charge is 0.355 e. The summed E-state index contributed by atoms with van der Waals surface area (Å²) in [4.78, 5) is 42.3. The Morgan fingerprint density at radius 1 is 1.20 bits per heavy atom. The number of ketones is 1. The summed E-state index contributed by atoms with van der Waals surface area (Å²) in [5.41, 5.74) is 2.33. The number of carbonyl (C=O) groups excluding carboxylic acids is 2. The Morgan fingerprint density at radius 2 is 1.97 bits per heavy atom. The molecule has 158 valence electrons. The van der Waals surface area contributed by atoms with E-state index < -0.39 is 5.97 Å². The molecule has 0 spiro atoms. The molecule has 0 atom stereocenters. The lowest BCUT2D eigenvalue weighted by molar-refractivity contribution is 0.0519. The summed E-state index contributed by atoms with van der Waals surface area (Å²) < 4.78 is 5.08. The van der Waals surface area contributed by atoms with Crippen molar-refractivity contribution in [1.29, 1.82) is 0 Å². The molecule has 30 heavy (non-hydrogen) atoms. The molecule has 1 aliphatic rings. The van der Waals surface area contributed by atoms with Gasteiger partial charge >= 0.3 is 5.97 Å². The molecular weight excluding hydrogens is 402 g/mol. The monoisotopic (exact) mass is 427 g/mol. The van der Waals surface area contributed by atoms with Gasteiger partial charge in [-0.15, -0.1) is 11.3 Å². The van der Waals surface area contributed by atoms with E-state index in [1.165, 1.54) is 0 Å². The average Bonchev–Trinajstić information content (AvgIpc) is 3.32. The van der Waals surface area contributed by atoms with E-state index in [9.17, 15) is 9.59 Å². The third-order valence-corrected chi connectivity index (χ3v) is 6.30. The average molecular weight is 428 g/mol. The summed E-state index contributed by atoms with van der Waals surface area (Å²) in [6, 6.07) is 2.06. The van der Waals surface area contributed by atoms with E-state index >= 15 is 0 Å². The molecule has 1 fully saturated rings. The van der Waals surface area contributed by atoms with Crippen molar-refractivity contribution in [2.24, 2.45) is 0 Å². The van der Waals surface area contributed by atoms with Gasteiger partial charge in [0.25, 0.3) is 0 Å². The lowest BCUT2D eigenvalue weighted by Crippen LogP contribution is -2.48. The van der Waals surface area contributed by atoms with Crippen molar-refractivity contribution in [3.63, 3.8) is 0 Å². The van der Waals surface area contributed by atoms with Crippen molar-refractivity contribution in [3.8, 4) is 0 Å². The van der Waals surface area contributed by atoms with Crippen LogP contribution in [0, 0.1) is 13.8 Å². The Labute approximate surface area is 178 Å². The second kappa shape index (κ2) is 8.53. The van der Waals surface area contributed by atoms with Gasteiger partial charge in [-0.1, -0.05) is 0 Å². The highest BCUT2D eigenvalue weighted by Crippen LogP contribution is 2.27. The Balaban J connectivity index is 1.41. The van der Waals surface area contributed by atoms with Crippen LogP contribution in [0.15, 0.2) is 17.8 Å². The molecule has 4 rings (SSSR count). The second-order valence-corrected chi connectivity index (χ2v) is 8.26.